The van der Waals surface area contributed by atoms with Crippen molar-refractivity contribution in [1.82, 2.24) is 15.0 Å². The van der Waals surface area contributed by atoms with Crippen molar-refractivity contribution in [2.75, 3.05) is 18.1 Å². The summed E-state index contributed by atoms with van der Waals surface area (Å²) in [6.45, 7) is 1.72. The van der Waals surface area contributed by atoms with Gasteiger partial charge in [0.15, 0.2) is 0 Å². The average molecular weight is 358 g/mol. The zero-order valence-electron chi connectivity index (χ0n) is 14.7. The summed E-state index contributed by atoms with van der Waals surface area (Å²) < 4.78 is 14.4. The molecule has 0 saturated heterocycles. The molecule has 27 heavy (non-hydrogen) atoms. The van der Waals surface area contributed by atoms with Crippen LogP contribution in [-0.4, -0.2) is 22.0 Å². The lowest BCUT2D eigenvalue weighted by molar-refractivity contribution is 0.630. The van der Waals surface area contributed by atoms with Crippen molar-refractivity contribution in [3.05, 3.63) is 64.7 Å². The summed E-state index contributed by atoms with van der Waals surface area (Å²) in [5.41, 5.74) is 8.11. The van der Waals surface area contributed by atoms with Crippen LogP contribution in [0.1, 0.15) is 22.4 Å². The number of halogens is 1. The Morgan fingerprint density at radius 3 is 2.56 bits per heavy atom. The molecule has 132 valence electrons. The van der Waals surface area contributed by atoms with Gasteiger partial charge in [0.05, 0.1) is 28.6 Å². The molecule has 3 rings (SSSR count). The summed E-state index contributed by atoms with van der Waals surface area (Å²) in [4.78, 5) is 12.5. The smallest absolute Gasteiger partial charge is 0.220 e. The summed E-state index contributed by atoms with van der Waals surface area (Å²) in [6.07, 6.45) is 1.63. The quantitative estimate of drug-likeness (QED) is 0.683. The largest absolute Gasteiger partial charge is 0.373 e. The standard InChI is InChI=1S/C20H15FN6/c1-12-15(6-3-13-5-8-18(24-2)25-11-13)19(27-20(23)26-12)16-9-14(10-22)4-7-17(16)21/h4-5,7-9,11H,1-2H3,(H,24,25)(H2,23,26,27). The third kappa shape index (κ3) is 3.83. The van der Waals surface area contributed by atoms with Crippen LogP contribution in [0.25, 0.3) is 11.3 Å². The van der Waals surface area contributed by atoms with Gasteiger partial charge in [0.2, 0.25) is 5.95 Å². The molecule has 2 aromatic heterocycles. The van der Waals surface area contributed by atoms with Gasteiger partial charge in [-0.2, -0.15) is 5.26 Å². The third-order valence-corrected chi connectivity index (χ3v) is 3.81. The Bertz CT molecular complexity index is 1100. The van der Waals surface area contributed by atoms with Gasteiger partial charge in [-0.05, 0) is 37.3 Å². The molecule has 0 spiro atoms. The van der Waals surface area contributed by atoms with Gasteiger partial charge in [0, 0.05) is 24.4 Å². The van der Waals surface area contributed by atoms with E-state index in [4.69, 9.17) is 11.0 Å². The molecular formula is C20H15FN6. The normalized spacial score (nSPS) is 9.85. The molecule has 0 aliphatic rings. The molecule has 6 nitrogen and oxygen atoms in total. The van der Waals surface area contributed by atoms with Gasteiger partial charge in [-0.1, -0.05) is 11.8 Å². The number of nitrogen functional groups attached to an aromatic ring is 1. The number of aryl methyl sites for hydroxylation is 1. The highest BCUT2D eigenvalue weighted by Gasteiger charge is 2.15. The lowest BCUT2D eigenvalue weighted by atomic mass is 10.0. The topological polar surface area (TPSA) is 101 Å². The van der Waals surface area contributed by atoms with E-state index in [9.17, 15) is 4.39 Å². The molecule has 0 fully saturated rings. The van der Waals surface area contributed by atoms with Crippen molar-refractivity contribution in [1.29, 1.82) is 5.26 Å². The second kappa shape index (κ2) is 7.51. The first-order valence-corrected chi connectivity index (χ1v) is 8.01. The summed E-state index contributed by atoms with van der Waals surface area (Å²) in [7, 11) is 1.78. The van der Waals surface area contributed by atoms with E-state index in [1.807, 2.05) is 12.1 Å². The highest BCUT2D eigenvalue weighted by atomic mass is 19.1. The number of nitrogens with two attached hydrogens (primary N) is 1. The van der Waals surface area contributed by atoms with Gasteiger partial charge >= 0.3 is 0 Å². The Balaban J connectivity index is 2.15. The number of aromatic nitrogens is 3. The summed E-state index contributed by atoms with van der Waals surface area (Å²) in [5, 5.41) is 12.0. The number of pyridine rings is 1. The Kier molecular flexibility index (Phi) is 4.96. The molecule has 0 bridgehead atoms. The van der Waals surface area contributed by atoms with Crippen LogP contribution in [0, 0.1) is 35.9 Å². The monoisotopic (exact) mass is 358 g/mol. The van der Waals surface area contributed by atoms with Crippen molar-refractivity contribution in [2.45, 2.75) is 6.92 Å². The molecule has 0 atom stereocenters. The van der Waals surface area contributed by atoms with Crippen LogP contribution in [0.15, 0.2) is 36.5 Å². The maximum absolute atomic E-state index is 14.4. The lowest BCUT2D eigenvalue weighted by Gasteiger charge is -2.09. The molecular weight excluding hydrogens is 343 g/mol. The van der Waals surface area contributed by atoms with E-state index in [-0.39, 0.29) is 17.2 Å². The van der Waals surface area contributed by atoms with Crippen molar-refractivity contribution in [3.8, 4) is 29.2 Å². The summed E-state index contributed by atoms with van der Waals surface area (Å²) in [5.74, 6) is 6.18. The molecule has 0 aliphatic heterocycles. The maximum atomic E-state index is 14.4. The Labute approximate surface area is 155 Å². The van der Waals surface area contributed by atoms with Gasteiger partial charge in [-0.3, -0.25) is 0 Å². The number of rotatable bonds is 2. The minimum absolute atomic E-state index is 0.00912. The first kappa shape index (κ1) is 17.8. The van der Waals surface area contributed by atoms with Gasteiger partial charge in [0.25, 0.3) is 0 Å². The molecule has 0 aliphatic carbocycles. The Hall–Kier alpha value is -3.97. The van der Waals surface area contributed by atoms with Gasteiger partial charge in [-0.25, -0.2) is 19.3 Å². The predicted molar refractivity (Wildman–Crippen MR) is 101 cm³/mol. The van der Waals surface area contributed by atoms with Crippen LogP contribution < -0.4 is 11.1 Å². The van der Waals surface area contributed by atoms with Crippen molar-refractivity contribution in [3.63, 3.8) is 0 Å². The van der Waals surface area contributed by atoms with E-state index in [0.717, 1.165) is 5.82 Å². The van der Waals surface area contributed by atoms with Crippen LogP contribution in [0.2, 0.25) is 0 Å². The summed E-state index contributed by atoms with van der Waals surface area (Å²) in [6, 6.07) is 9.65. The van der Waals surface area contributed by atoms with Gasteiger partial charge in [0.1, 0.15) is 11.6 Å². The highest BCUT2D eigenvalue weighted by Crippen LogP contribution is 2.27. The Morgan fingerprint density at radius 1 is 1.11 bits per heavy atom. The zero-order chi connectivity index (χ0) is 19.4. The lowest BCUT2D eigenvalue weighted by Crippen LogP contribution is -2.04. The molecule has 0 radical (unpaired) electrons. The van der Waals surface area contributed by atoms with E-state index < -0.39 is 5.82 Å². The average Bonchev–Trinajstić information content (AvgIpc) is 2.67. The number of hydrogen-bond donors (Lipinski definition) is 2. The minimum Gasteiger partial charge on any atom is -0.373 e. The van der Waals surface area contributed by atoms with Crippen LogP contribution in [0.3, 0.4) is 0 Å². The second-order valence-electron chi connectivity index (χ2n) is 5.63. The van der Waals surface area contributed by atoms with Crippen LogP contribution in [0.5, 0.6) is 0 Å². The van der Waals surface area contributed by atoms with E-state index in [0.29, 0.717) is 22.4 Å². The Morgan fingerprint density at radius 2 is 1.89 bits per heavy atom. The molecule has 3 N–H and O–H groups in total. The van der Waals surface area contributed by atoms with E-state index in [2.05, 4.69) is 32.1 Å². The predicted octanol–water partition coefficient (Wildman–Crippen LogP) is 2.88. The number of nitrogens with one attached hydrogen (secondary N) is 1. The molecule has 0 saturated carbocycles. The second-order valence-corrected chi connectivity index (χ2v) is 5.63. The number of nitriles is 1. The van der Waals surface area contributed by atoms with E-state index in [1.54, 1.807) is 26.2 Å². The first-order chi connectivity index (χ1) is 13.0. The fourth-order valence-electron chi connectivity index (χ4n) is 2.47. The van der Waals surface area contributed by atoms with Crippen molar-refractivity contribution in [2.24, 2.45) is 0 Å². The number of anilines is 2. The number of hydrogen-bond acceptors (Lipinski definition) is 6. The summed E-state index contributed by atoms with van der Waals surface area (Å²) >= 11 is 0. The van der Waals surface area contributed by atoms with Crippen LogP contribution in [0.4, 0.5) is 16.2 Å². The first-order valence-electron chi connectivity index (χ1n) is 8.01. The molecule has 2 heterocycles. The fourth-order valence-corrected chi connectivity index (χ4v) is 2.47. The fraction of sp³-hybridized carbons (Fsp3) is 0.100. The minimum atomic E-state index is -0.519. The van der Waals surface area contributed by atoms with Gasteiger partial charge < -0.3 is 11.1 Å². The number of nitrogens with zero attached hydrogens (tertiary/aromatic N) is 4. The molecule has 7 heteroatoms. The molecule has 0 amide bonds. The zero-order valence-corrected chi connectivity index (χ0v) is 14.7. The molecule has 0 unspecified atom stereocenters. The maximum Gasteiger partial charge on any atom is 0.220 e. The molecule has 1 aromatic carbocycles. The van der Waals surface area contributed by atoms with Gasteiger partial charge in [-0.15, -0.1) is 0 Å². The number of benzene rings is 1. The van der Waals surface area contributed by atoms with Crippen molar-refractivity contribution >= 4 is 11.8 Å². The van der Waals surface area contributed by atoms with Crippen LogP contribution in [-0.2, 0) is 0 Å². The van der Waals surface area contributed by atoms with E-state index in [1.165, 1.54) is 18.2 Å². The SMILES string of the molecule is CNc1ccc(C#Cc2c(C)nc(N)nc2-c2cc(C#N)ccc2F)cn1. The van der Waals surface area contributed by atoms with Crippen LogP contribution >= 0.6 is 0 Å². The highest BCUT2D eigenvalue weighted by molar-refractivity contribution is 5.71. The third-order valence-electron chi connectivity index (χ3n) is 3.81. The van der Waals surface area contributed by atoms with Crippen molar-refractivity contribution < 1.29 is 4.39 Å². The van der Waals surface area contributed by atoms with E-state index >= 15 is 0 Å². The molecule has 3 aromatic rings.